The number of anilines is 1. The van der Waals surface area contributed by atoms with Gasteiger partial charge in [-0.05, 0) is 31.2 Å². The number of carbonyl (C=O) groups excluding carboxylic acids is 1. The number of urea groups is 1. The van der Waals surface area contributed by atoms with Gasteiger partial charge in [0.2, 0.25) is 0 Å². The van der Waals surface area contributed by atoms with Crippen molar-refractivity contribution in [3.8, 4) is 5.75 Å². The van der Waals surface area contributed by atoms with Crippen LogP contribution >= 0.6 is 0 Å². The largest absolute Gasteiger partial charge is 0.494 e. The second-order valence-corrected chi connectivity index (χ2v) is 5.21. The van der Waals surface area contributed by atoms with Crippen LogP contribution < -0.4 is 10.1 Å². The van der Waals surface area contributed by atoms with Gasteiger partial charge in [-0.15, -0.1) is 0 Å². The quantitative estimate of drug-likeness (QED) is 0.841. The van der Waals surface area contributed by atoms with Gasteiger partial charge in [0.15, 0.2) is 11.6 Å². The SMILES string of the molecule is COCCN(Cc1ccc(C)o1)C(=O)Nc1ccc(OC)c(F)c1. The molecule has 6 nitrogen and oxygen atoms in total. The molecule has 0 aliphatic rings. The Morgan fingerprint density at radius 3 is 2.67 bits per heavy atom. The number of hydrogen-bond donors (Lipinski definition) is 1. The van der Waals surface area contributed by atoms with Crippen molar-refractivity contribution < 1.29 is 23.1 Å². The molecule has 2 amide bonds. The highest BCUT2D eigenvalue weighted by atomic mass is 19.1. The molecule has 7 heteroatoms. The smallest absolute Gasteiger partial charge is 0.322 e. The molecular weight excluding hydrogens is 315 g/mol. The first-order valence-corrected chi connectivity index (χ1v) is 7.47. The zero-order valence-corrected chi connectivity index (χ0v) is 14.0. The molecule has 0 aliphatic carbocycles. The van der Waals surface area contributed by atoms with Crippen molar-refractivity contribution in [2.24, 2.45) is 0 Å². The Balaban J connectivity index is 2.07. The monoisotopic (exact) mass is 336 g/mol. The van der Waals surface area contributed by atoms with E-state index in [4.69, 9.17) is 13.9 Å². The molecule has 1 N–H and O–H groups in total. The lowest BCUT2D eigenvalue weighted by Crippen LogP contribution is -2.36. The highest BCUT2D eigenvalue weighted by Gasteiger charge is 2.16. The molecule has 0 spiro atoms. The fraction of sp³-hybridized carbons (Fsp3) is 0.353. The maximum Gasteiger partial charge on any atom is 0.322 e. The summed E-state index contributed by atoms with van der Waals surface area (Å²) in [6.07, 6.45) is 0. The molecule has 0 fully saturated rings. The summed E-state index contributed by atoms with van der Waals surface area (Å²) >= 11 is 0. The van der Waals surface area contributed by atoms with Crippen molar-refractivity contribution in [2.45, 2.75) is 13.5 Å². The third kappa shape index (κ3) is 4.73. The lowest BCUT2D eigenvalue weighted by atomic mass is 10.3. The molecule has 1 aromatic heterocycles. The van der Waals surface area contributed by atoms with E-state index in [1.54, 1.807) is 13.2 Å². The number of nitrogens with zero attached hydrogens (tertiary/aromatic N) is 1. The van der Waals surface area contributed by atoms with Crippen LogP contribution in [0.4, 0.5) is 14.9 Å². The number of halogens is 1. The van der Waals surface area contributed by atoms with E-state index in [9.17, 15) is 9.18 Å². The minimum absolute atomic E-state index is 0.121. The molecule has 0 bridgehead atoms. The van der Waals surface area contributed by atoms with E-state index in [0.717, 1.165) is 5.76 Å². The summed E-state index contributed by atoms with van der Waals surface area (Å²) in [6.45, 7) is 2.88. The summed E-state index contributed by atoms with van der Waals surface area (Å²) in [7, 11) is 2.94. The molecule has 0 saturated carbocycles. The van der Waals surface area contributed by atoms with E-state index in [2.05, 4.69) is 5.32 Å². The standard InChI is InChI=1S/C17H21FN2O4/c1-12-4-6-14(24-12)11-20(8-9-22-2)17(21)19-13-5-7-16(23-3)15(18)10-13/h4-7,10H,8-9,11H2,1-3H3,(H,19,21). The van der Waals surface area contributed by atoms with Gasteiger partial charge in [0.05, 0.1) is 20.3 Å². The van der Waals surface area contributed by atoms with E-state index < -0.39 is 5.82 Å². The van der Waals surface area contributed by atoms with Crippen LogP contribution in [0.5, 0.6) is 5.75 Å². The van der Waals surface area contributed by atoms with Crippen LogP contribution in [0.25, 0.3) is 0 Å². The minimum atomic E-state index is -0.541. The highest BCUT2D eigenvalue weighted by molar-refractivity contribution is 5.89. The van der Waals surface area contributed by atoms with E-state index in [0.29, 0.717) is 31.1 Å². The Hall–Kier alpha value is -2.54. The van der Waals surface area contributed by atoms with Gasteiger partial charge in [0.25, 0.3) is 0 Å². The van der Waals surface area contributed by atoms with Crippen LogP contribution in [-0.4, -0.2) is 38.3 Å². The van der Waals surface area contributed by atoms with E-state index >= 15 is 0 Å². The second-order valence-electron chi connectivity index (χ2n) is 5.21. The maximum atomic E-state index is 13.7. The molecule has 0 atom stereocenters. The topological polar surface area (TPSA) is 63.9 Å². The lowest BCUT2D eigenvalue weighted by molar-refractivity contribution is 0.149. The zero-order valence-electron chi connectivity index (χ0n) is 14.0. The summed E-state index contributed by atoms with van der Waals surface area (Å²) < 4.78 is 29.1. The number of benzene rings is 1. The number of methoxy groups -OCH3 is 2. The van der Waals surface area contributed by atoms with Crippen LogP contribution in [0.2, 0.25) is 0 Å². The van der Waals surface area contributed by atoms with Gasteiger partial charge >= 0.3 is 6.03 Å². The number of aryl methyl sites for hydroxylation is 1. The Morgan fingerprint density at radius 2 is 2.08 bits per heavy atom. The van der Waals surface area contributed by atoms with Gasteiger partial charge < -0.3 is 24.1 Å². The molecule has 2 aromatic rings. The summed E-state index contributed by atoms with van der Waals surface area (Å²) in [5.74, 6) is 1.02. The van der Waals surface area contributed by atoms with Crippen LogP contribution in [0.15, 0.2) is 34.7 Å². The normalized spacial score (nSPS) is 10.5. The molecule has 0 saturated heterocycles. The number of hydrogen-bond acceptors (Lipinski definition) is 4. The van der Waals surface area contributed by atoms with Crippen LogP contribution in [0, 0.1) is 12.7 Å². The molecule has 2 rings (SSSR count). The van der Waals surface area contributed by atoms with Crippen molar-refractivity contribution in [2.75, 3.05) is 32.7 Å². The number of amides is 2. The van der Waals surface area contributed by atoms with Gasteiger partial charge in [0, 0.05) is 25.4 Å². The fourth-order valence-electron chi connectivity index (χ4n) is 2.16. The van der Waals surface area contributed by atoms with Gasteiger partial charge in [-0.3, -0.25) is 0 Å². The average Bonchev–Trinajstić information content (AvgIpc) is 2.96. The number of furan rings is 1. The fourth-order valence-corrected chi connectivity index (χ4v) is 2.16. The average molecular weight is 336 g/mol. The molecule has 0 radical (unpaired) electrons. The third-order valence-electron chi connectivity index (χ3n) is 3.40. The molecule has 1 aromatic carbocycles. The van der Waals surface area contributed by atoms with Gasteiger partial charge in [-0.2, -0.15) is 0 Å². The molecule has 1 heterocycles. The number of rotatable bonds is 7. The first-order valence-electron chi connectivity index (χ1n) is 7.47. The zero-order chi connectivity index (χ0) is 17.5. The van der Waals surface area contributed by atoms with E-state index in [1.165, 1.54) is 24.1 Å². The van der Waals surface area contributed by atoms with Crippen LogP contribution in [0.3, 0.4) is 0 Å². The summed E-state index contributed by atoms with van der Waals surface area (Å²) in [6, 6.07) is 7.52. The van der Waals surface area contributed by atoms with Crippen molar-refractivity contribution in [3.63, 3.8) is 0 Å². The van der Waals surface area contributed by atoms with Crippen molar-refractivity contribution >= 4 is 11.7 Å². The minimum Gasteiger partial charge on any atom is -0.494 e. The first kappa shape index (κ1) is 17.8. The molecule has 24 heavy (non-hydrogen) atoms. The number of ether oxygens (including phenoxy) is 2. The summed E-state index contributed by atoms with van der Waals surface area (Å²) in [5, 5.41) is 2.66. The maximum absolute atomic E-state index is 13.7. The second kappa shape index (κ2) is 8.35. The van der Waals surface area contributed by atoms with Crippen molar-refractivity contribution in [3.05, 3.63) is 47.7 Å². The van der Waals surface area contributed by atoms with E-state index in [1.807, 2.05) is 19.1 Å². The Kier molecular flexibility index (Phi) is 6.20. The van der Waals surface area contributed by atoms with E-state index in [-0.39, 0.29) is 11.8 Å². The van der Waals surface area contributed by atoms with Gasteiger partial charge in [-0.1, -0.05) is 0 Å². The Morgan fingerprint density at radius 1 is 1.29 bits per heavy atom. The predicted octanol–water partition coefficient (Wildman–Crippen LogP) is 3.42. The predicted molar refractivity (Wildman–Crippen MR) is 87.7 cm³/mol. The highest BCUT2D eigenvalue weighted by Crippen LogP contribution is 2.21. The molecule has 130 valence electrons. The number of carbonyl (C=O) groups is 1. The first-order chi connectivity index (χ1) is 11.5. The molecule has 0 aliphatic heterocycles. The summed E-state index contributed by atoms with van der Waals surface area (Å²) in [4.78, 5) is 14.0. The summed E-state index contributed by atoms with van der Waals surface area (Å²) in [5.41, 5.74) is 0.344. The Labute approximate surface area is 140 Å². The van der Waals surface area contributed by atoms with Crippen LogP contribution in [-0.2, 0) is 11.3 Å². The number of nitrogens with one attached hydrogen (secondary N) is 1. The molecule has 0 unspecified atom stereocenters. The van der Waals surface area contributed by atoms with Crippen LogP contribution in [0.1, 0.15) is 11.5 Å². The molecular formula is C17H21FN2O4. The Bertz CT molecular complexity index is 687. The third-order valence-corrected chi connectivity index (χ3v) is 3.40. The van der Waals surface area contributed by atoms with Crippen molar-refractivity contribution in [1.82, 2.24) is 4.90 Å². The van der Waals surface area contributed by atoms with Crippen molar-refractivity contribution in [1.29, 1.82) is 0 Å². The van der Waals surface area contributed by atoms with Gasteiger partial charge in [-0.25, -0.2) is 9.18 Å². The van der Waals surface area contributed by atoms with Gasteiger partial charge in [0.1, 0.15) is 11.5 Å². The lowest BCUT2D eigenvalue weighted by Gasteiger charge is -2.22.